The average molecular weight is 243 g/mol. The molecule has 1 aromatic heterocycles. The van der Waals surface area contributed by atoms with Crippen LogP contribution in [-0.4, -0.2) is 47.1 Å². The molecule has 88 valence electrons. The quantitative estimate of drug-likeness (QED) is 0.717. The van der Waals surface area contributed by atoms with Gasteiger partial charge < -0.3 is 9.64 Å². The lowest BCUT2D eigenvalue weighted by atomic mass is 10.1. The van der Waals surface area contributed by atoms with Gasteiger partial charge in [-0.05, 0) is 11.5 Å². The van der Waals surface area contributed by atoms with E-state index in [9.17, 15) is 9.59 Å². The van der Waals surface area contributed by atoms with Crippen molar-refractivity contribution in [2.24, 2.45) is 5.92 Å². The molecule has 1 atom stereocenters. The number of carbonyl (C=O) groups excluding carboxylic acids is 2. The number of methoxy groups -OCH3 is 1. The topological polar surface area (TPSA) is 72.4 Å². The Kier molecular flexibility index (Phi) is 4.36. The summed E-state index contributed by atoms with van der Waals surface area (Å²) >= 11 is 1.11. The van der Waals surface area contributed by atoms with Gasteiger partial charge in [0.15, 0.2) is 5.69 Å². The molecule has 0 radical (unpaired) electrons. The van der Waals surface area contributed by atoms with Crippen molar-refractivity contribution >= 4 is 23.4 Å². The summed E-state index contributed by atoms with van der Waals surface area (Å²) in [5.41, 5.74) is 0.296. The molecule has 0 aliphatic rings. The minimum absolute atomic E-state index is 0.246. The summed E-state index contributed by atoms with van der Waals surface area (Å²) < 4.78 is 8.19. The first kappa shape index (κ1) is 12.6. The first-order valence-corrected chi connectivity index (χ1v) is 5.50. The zero-order valence-electron chi connectivity index (χ0n) is 9.34. The molecule has 1 amide bonds. The fraction of sp³-hybridized carbons (Fsp3) is 0.556. The van der Waals surface area contributed by atoms with Gasteiger partial charge in [0.05, 0.1) is 13.0 Å². The largest absolute Gasteiger partial charge is 0.469 e. The van der Waals surface area contributed by atoms with Gasteiger partial charge in [-0.1, -0.05) is 11.4 Å². The Hall–Kier alpha value is -1.50. The highest BCUT2D eigenvalue weighted by Crippen LogP contribution is 2.06. The standard InChI is InChI=1S/C9H13N3O3S/c1-6(9(14)15-3)4-12(2)8(13)7-5-16-11-10-7/h5-6H,4H2,1-3H3. The van der Waals surface area contributed by atoms with E-state index in [1.54, 1.807) is 19.4 Å². The lowest BCUT2D eigenvalue weighted by molar-refractivity contribution is -0.145. The summed E-state index contributed by atoms with van der Waals surface area (Å²) in [5, 5.41) is 5.24. The second-order valence-corrected chi connectivity index (χ2v) is 4.01. The van der Waals surface area contributed by atoms with Gasteiger partial charge in [0.1, 0.15) is 0 Å². The molecule has 1 heterocycles. The van der Waals surface area contributed by atoms with E-state index in [0.717, 1.165) is 11.5 Å². The number of esters is 1. The number of hydrogen-bond donors (Lipinski definition) is 0. The second kappa shape index (κ2) is 5.55. The van der Waals surface area contributed by atoms with Crippen LogP contribution in [0.2, 0.25) is 0 Å². The first-order valence-electron chi connectivity index (χ1n) is 4.66. The summed E-state index contributed by atoms with van der Waals surface area (Å²) in [6.07, 6.45) is 0. The van der Waals surface area contributed by atoms with Crippen molar-refractivity contribution in [3.05, 3.63) is 11.1 Å². The second-order valence-electron chi connectivity index (χ2n) is 3.40. The molecule has 1 unspecified atom stereocenters. The molecular weight excluding hydrogens is 230 g/mol. The number of aromatic nitrogens is 2. The number of carbonyl (C=O) groups is 2. The van der Waals surface area contributed by atoms with Crippen molar-refractivity contribution in [2.75, 3.05) is 20.7 Å². The summed E-state index contributed by atoms with van der Waals surface area (Å²) in [6, 6.07) is 0. The van der Waals surface area contributed by atoms with Gasteiger partial charge >= 0.3 is 5.97 Å². The fourth-order valence-electron chi connectivity index (χ4n) is 1.22. The normalized spacial score (nSPS) is 11.9. The van der Waals surface area contributed by atoms with Crippen LogP contribution in [-0.2, 0) is 9.53 Å². The molecule has 1 aromatic rings. The zero-order valence-corrected chi connectivity index (χ0v) is 10.2. The Morgan fingerprint density at radius 3 is 2.81 bits per heavy atom. The number of rotatable bonds is 4. The molecule has 0 saturated carbocycles. The van der Waals surface area contributed by atoms with Crippen LogP contribution < -0.4 is 0 Å². The maximum atomic E-state index is 11.7. The van der Waals surface area contributed by atoms with E-state index in [1.807, 2.05) is 0 Å². The molecule has 0 saturated heterocycles. The van der Waals surface area contributed by atoms with Crippen LogP contribution in [0.25, 0.3) is 0 Å². The van der Waals surface area contributed by atoms with Gasteiger partial charge in [-0.3, -0.25) is 9.59 Å². The van der Waals surface area contributed by atoms with Crippen molar-refractivity contribution in [2.45, 2.75) is 6.92 Å². The Balaban J connectivity index is 2.56. The maximum absolute atomic E-state index is 11.7. The van der Waals surface area contributed by atoms with Crippen LogP contribution >= 0.6 is 11.5 Å². The van der Waals surface area contributed by atoms with Gasteiger partial charge in [-0.2, -0.15) is 0 Å². The van der Waals surface area contributed by atoms with Crippen LogP contribution in [0, 0.1) is 5.92 Å². The smallest absolute Gasteiger partial charge is 0.310 e. The van der Waals surface area contributed by atoms with Crippen molar-refractivity contribution < 1.29 is 14.3 Å². The predicted molar refractivity (Wildman–Crippen MR) is 58.0 cm³/mol. The summed E-state index contributed by atoms with van der Waals surface area (Å²) in [5.74, 6) is -0.939. The molecule has 0 spiro atoms. The summed E-state index contributed by atoms with van der Waals surface area (Å²) in [6.45, 7) is 2.00. The third-order valence-electron chi connectivity index (χ3n) is 2.08. The highest BCUT2D eigenvalue weighted by atomic mass is 32.1. The van der Waals surface area contributed by atoms with Crippen molar-refractivity contribution in [3.63, 3.8) is 0 Å². The van der Waals surface area contributed by atoms with Gasteiger partial charge in [0, 0.05) is 19.0 Å². The average Bonchev–Trinajstić information content (AvgIpc) is 2.79. The third kappa shape index (κ3) is 2.99. The third-order valence-corrected chi connectivity index (χ3v) is 2.58. The van der Waals surface area contributed by atoms with E-state index in [-0.39, 0.29) is 17.8 Å². The Morgan fingerprint density at radius 2 is 2.31 bits per heavy atom. The Bertz CT molecular complexity index is 366. The molecule has 0 N–H and O–H groups in total. The van der Waals surface area contributed by atoms with Crippen molar-refractivity contribution in [1.29, 1.82) is 0 Å². The predicted octanol–water partition coefficient (Wildman–Crippen LogP) is 0.419. The van der Waals surface area contributed by atoms with E-state index >= 15 is 0 Å². The highest BCUT2D eigenvalue weighted by Gasteiger charge is 2.20. The van der Waals surface area contributed by atoms with E-state index in [2.05, 4.69) is 14.3 Å². The fourth-order valence-corrected chi connectivity index (χ4v) is 1.65. The molecule has 0 aromatic carbocycles. The summed E-state index contributed by atoms with van der Waals surface area (Å²) in [4.78, 5) is 24.3. The van der Waals surface area contributed by atoms with E-state index in [4.69, 9.17) is 0 Å². The SMILES string of the molecule is COC(=O)C(C)CN(C)C(=O)c1csnn1. The van der Waals surface area contributed by atoms with Crippen molar-refractivity contribution in [3.8, 4) is 0 Å². The molecular formula is C9H13N3O3S. The van der Waals surface area contributed by atoms with Crippen LogP contribution in [0.4, 0.5) is 0 Å². The zero-order chi connectivity index (χ0) is 12.1. The Labute approximate surface area is 97.4 Å². The minimum atomic E-state index is -0.356. The van der Waals surface area contributed by atoms with Gasteiger partial charge in [0.25, 0.3) is 5.91 Å². The van der Waals surface area contributed by atoms with Crippen LogP contribution in [0.15, 0.2) is 5.38 Å². The Morgan fingerprint density at radius 1 is 1.62 bits per heavy atom. The minimum Gasteiger partial charge on any atom is -0.469 e. The van der Waals surface area contributed by atoms with E-state index in [0.29, 0.717) is 12.2 Å². The maximum Gasteiger partial charge on any atom is 0.310 e. The molecule has 16 heavy (non-hydrogen) atoms. The van der Waals surface area contributed by atoms with Crippen molar-refractivity contribution in [1.82, 2.24) is 14.5 Å². The highest BCUT2D eigenvalue weighted by molar-refractivity contribution is 7.03. The lowest BCUT2D eigenvalue weighted by Gasteiger charge is -2.18. The van der Waals surface area contributed by atoms with E-state index < -0.39 is 0 Å². The number of nitrogens with zero attached hydrogens (tertiary/aromatic N) is 3. The van der Waals surface area contributed by atoms with Gasteiger partial charge in [-0.15, -0.1) is 5.10 Å². The summed E-state index contributed by atoms with van der Waals surface area (Å²) in [7, 11) is 2.94. The molecule has 0 aliphatic heterocycles. The van der Waals surface area contributed by atoms with E-state index in [1.165, 1.54) is 12.0 Å². The number of hydrogen-bond acceptors (Lipinski definition) is 6. The van der Waals surface area contributed by atoms with Gasteiger partial charge in [-0.25, -0.2) is 0 Å². The molecule has 0 aliphatic carbocycles. The monoisotopic (exact) mass is 243 g/mol. The molecule has 0 fully saturated rings. The molecule has 6 nitrogen and oxygen atoms in total. The molecule has 7 heteroatoms. The van der Waals surface area contributed by atoms with Crippen LogP contribution in [0.5, 0.6) is 0 Å². The number of amides is 1. The number of ether oxygens (including phenoxy) is 1. The lowest BCUT2D eigenvalue weighted by Crippen LogP contribution is -2.34. The van der Waals surface area contributed by atoms with Gasteiger partial charge in [0.2, 0.25) is 0 Å². The van der Waals surface area contributed by atoms with Crippen LogP contribution in [0.3, 0.4) is 0 Å². The molecule has 0 bridgehead atoms. The first-order chi connectivity index (χ1) is 7.56. The van der Waals surface area contributed by atoms with Crippen LogP contribution in [0.1, 0.15) is 17.4 Å². The molecule has 1 rings (SSSR count).